The van der Waals surface area contributed by atoms with Gasteiger partial charge in [-0.1, -0.05) is 19.0 Å². The molecule has 3 aromatic rings. The molecule has 0 aliphatic heterocycles. The van der Waals surface area contributed by atoms with Crippen molar-refractivity contribution in [2.24, 2.45) is 5.92 Å². The number of rotatable bonds is 5. The maximum atomic E-state index is 9.20. The molecule has 0 saturated heterocycles. The lowest BCUT2D eigenvalue weighted by Gasteiger charge is -2.19. The summed E-state index contributed by atoms with van der Waals surface area (Å²) >= 11 is 0. The van der Waals surface area contributed by atoms with E-state index in [0.29, 0.717) is 23.1 Å². The molecular weight excluding hydrogens is 304 g/mol. The van der Waals surface area contributed by atoms with Crippen LogP contribution in [0, 0.1) is 17.2 Å². The van der Waals surface area contributed by atoms with E-state index in [-0.39, 0.29) is 12.0 Å². The summed E-state index contributed by atoms with van der Waals surface area (Å²) in [5, 5.41) is 16.5. The van der Waals surface area contributed by atoms with Gasteiger partial charge in [0.1, 0.15) is 17.9 Å². The summed E-state index contributed by atoms with van der Waals surface area (Å²) in [4.78, 5) is 12.7. The first-order valence-electron chi connectivity index (χ1n) is 7.54. The van der Waals surface area contributed by atoms with Gasteiger partial charge in [-0.2, -0.15) is 10.2 Å². The molecule has 120 valence electrons. The van der Waals surface area contributed by atoms with Crippen LogP contribution in [0.5, 0.6) is 0 Å². The van der Waals surface area contributed by atoms with Crippen LogP contribution in [-0.2, 0) is 0 Å². The van der Waals surface area contributed by atoms with Crippen LogP contribution in [-0.4, -0.2) is 20.1 Å². The third kappa shape index (κ3) is 3.22. The number of hydrogen-bond acceptors (Lipinski definition) is 7. The van der Waals surface area contributed by atoms with Crippen molar-refractivity contribution in [3.05, 3.63) is 54.3 Å². The van der Waals surface area contributed by atoms with Crippen molar-refractivity contribution in [2.75, 3.05) is 5.32 Å². The molecule has 0 radical (unpaired) electrons. The fraction of sp³-hybridized carbons (Fsp3) is 0.235. The van der Waals surface area contributed by atoms with Crippen LogP contribution in [0.1, 0.15) is 31.3 Å². The van der Waals surface area contributed by atoms with Crippen molar-refractivity contribution in [1.82, 2.24) is 20.1 Å². The Bertz CT molecular complexity index is 853. The standard InChI is InChI=1S/C17H16N6O/c1-11(2)14(21-15-12(9-18)5-4-8-20-15)17-22-16(23-24-17)13-6-3-7-19-10-13/h3-8,10-11,14H,1-2H3,(H,20,21). The summed E-state index contributed by atoms with van der Waals surface area (Å²) in [6, 6.07) is 8.98. The number of hydrogen-bond donors (Lipinski definition) is 1. The molecule has 1 atom stereocenters. The van der Waals surface area contributed by atoms with E-state index in [9.17, 15) is 5.26 Å². The summed E-state index contributed by atoms with van der Waals surface area (Å²) in [5.74, 6) is 1.58. The molecule has 0 aliphatic carbocycles. The Balaban J connectivity index is 1.90. The molecule has 0 spiro atoms. The number of nitriles is 1. The zero-order chi connectivity index (χ0) is 16.9. The Hall–Kier alpha value is -3.27. The second-order valence-electron chi connectivity index (χ2n) is 5.58. The van der Waals surface area contributed by atoms with Gasteiger partial charge < -0.3 is 9.84 Å². The van der Waals surface area contributed by atoms with Crippen molar-refractivity contribution < 1.29 is 4.52 Å². The number of nitrogens with zero attached hydrogens (tertiary/aromatic N) is 5. The van der Waals surface area contributed by atoms with E-state index in [1.807, 2.05) is 26.0 Å². The molecule has 3 rings (SSSR count). The number of anilines is 1. The molecule has 1 unspecified atom stereocenters. The van der Waals surface area contributed by atoms with E-state index in [0.717, 1.165) is 5.56 Å². The van der Waals surface area contributed by atoms with Crippen molar-refractivity contribution in [1.29, 1.82) is 5.26 Å². The molecule has 24 heavy (non-hydrogen) atoms. The van der Waals surface area contributed by atoms with Crippen LogP contribution < -0.4 is 5.32 Å². The molecule has 3 aromatic heterocycles. The van der Waals surface area contributed by atoms with E-state index in [4.69, 9.17) is 4.52 Å². The van der Waals surface area contributed by atoms with Crippen LogP contribution in [0.15, 0.2) is 47.4 Å². The summed E-state index contributed by atoms with van der Waals surface area (Å²) in [7, 11) is 0. The van der Waals surface area contributed by atoms with Gasteiger partial charge in [0.2, 0.25) is 11.7 Å². The lowest BCUT2D eigenvalue weighted by molar-refractivity contribution is 0.335. The fourth-order valence-corrected chi connectivity index (χ4v) is 2.25. The smallest absolute Gasteiger partial charge is 0.249 e. The lowest BCUT2D eigenvalue weighted by atomic mass is 10.0. The number of pyridine rings is 2. The Labute approximate surface area is 139 Å². The minimum absolute atomic E-state index is 0.153. The van der Waals surface area contributed by atoms with Gasteiger partial charge >= 0.3 is 0 Å². The van der Waals surface area contributed by atoms with Crippen molar-refractivity contribution >= 4 is 5.82 Å². The van der Waals surface area contributed by atoms with Gasteiger partial charge in [0.05, 0.1) is 5.56 Å². The second-order valence-corrected chi connectivity index (χ2v) is 5.58. The largest absolute Gasteiger partial charge is 0.357 e. The second kappa shape index (κ2) is 6.87. The van der Waals surface area contributed by atoms with Gasteiger partial charge in [-0.3, -0.25) is 4.98 Å². The van der Waals surface area contributed by atoms with E-state index in [2.05, 4.69) is 31.5 Å². The van der Waals surface area contributed by atoms with Gasteiger partial charge in [0, 0.05) is 24.2 Å². The van der Waals surface area contributed by atoms with Crippen molar-refractivity contribution in [3.8, 4) is 17.5 Å². The minimum atomic E-state index is -0.259. The normalized spacial score (nSPS) is 11.9. The first kappa shape index (κ1) is 15.6. The predicted molar refractivity (Wildman–Crippen MR) is 87.7 cm³/mol. The molecule has 0 aromatic carbocycles. The minimum Gasteiger partial charge on any atom is -0.357 e. The fourth-order valence-electron chi connectivity index (χ4n) is 2.25. The number of aromatic nitrogens is 4. The van der Waals surface area contributed by atoms with E-state index >= 15 is 0 Å². The van der Waals surface area contributed by atoms with Gasteiger partial charge in [-0.15, -0.1) is 0 Å². The Morgan fingerprint density at radius 2 is 2.04 bits per heavy atom. The van der Waals surface area contributed by atoms with Gasteiger partial charge in [-0.25, -0.2) is 4.98 Å². The van der Waals surface area contributed by atoms with Crippen LogP contribution in [0.3, 0.4) is 0 Å². The van der Waals surface area contributed by atoms with Crippen LogP contribution >= 0.6 is 0 Å². The first-order valence-corrected chi connectivity index (χ1v) is 7.54. The summed E-state index contributed by atoms with van der Waals surface area (Å²) in [6.07, 6.45) is 5.00. The molecule has 0 bridgehead atoms. The highest BCUT2D eigenvalue weighted by molar-refractivity contribution is 5.53. The van der Waals surface area contributed by atoms with Gasteiger partial charge in [-0.05, 0) is 30.2 Å². The summed E-state index contributed by atoms with van der Waals surface area (Å²) in [6.45, 7) is 4.06. The predicted octanol–water partition coefficient (Wildman–Crippen LogP) is 3.21. The number of nitrogens with one attached hydrogen (secondary N) is 1. The zero-order valence-corrected chi connectivity index (χ0v) is 13.3. The van der Waals surface area contributed by atoms with Gasteiger partial charge in [0.15, 0.2) is 0 Å². The molecule has 3 heterocycles. The van der Waals surface area contributed by atoms with Crippen LogP contribution in [0.4, 0.5) is 5.82 Å². The Morgan fingerprint density at radius 3 is 2.75 bits per heavy atom. The topological polar surface area (TPSA) is 101 Å². The van der Waals surface area contributed by atoms with E-state index in [1.165, 1.54) is 0 Å². The third-order valence-corrected chi connectivity index (χ3v) is 3.51. The monoisotopic (exact) mass is 320 g/mol. The highest BCUT2D eigenvalue weighted by atomic mass is 16.5. The maximum Gasteiger partial charge on any atom is 0.249 e. The molecule has 1 N–H and O–H groups in total. The van der Waals surface area contributed by atoms with Crippen molar-refractivity contribution in [3.63, 3.8) is 0 Å². The van der Waals surface area contributed by atoms with E-state index < -0.39 is 0 Å². The average molecular weight is 320 g/mol. The highest BCUT2D eigenvalue weighted by Gasteiger charge is 2.24. The summed E-state index contributed by atoms with van der Waals surface area (Å²) < 4.78 is 5.43. The molecule has 0 saturated carbocycles. The Morgan fingerprint density at radius 1 is 1.21 bits per heavy atom. The molecule has 0 fully saturated rings. The molecule has 0 amide bonds. The summed E-state index contributed by atoms with van der Waals surface area (Å²) in [5.41, 5.74) is 1.25. The van der Waals surface area contributed by atoms with Gasteiger partial charge in [0.25, 0.3) is 0 Å². The van der Waals surface area contributed by atoms with E-state index in [1.54, 1.807) is 30.7 Å². The zero-order valence-electron chi connectivity index (χ0n) is 13.3. The lowest BCUT2D eigenvalue weighted by Crippen LogP contribution is -2.18. The molecule has 0 aliphatic rings. The van der Waals surface area contributed by atoms with Crippen molar-refractivity contribution in [2.45, 2.75) is 19.9 Å². The molecular formula is C17H16N6O. The SMILES string of the molecule is CC(C)C(Nc1ncccc1C#N)c1nc(-c2cccnc2)no1. The first-order chi connectivity index (χ1) is 11.7. The molecule has 7 nitrogen and oxygen atoms in total. The average Bonchev–Trinajstić information content (AvgIpc) is 3.10. The molecule has 7 heteroatoms. The van der Waals surface area contributed by atoms with Crippen LogP contribution in [0.25, 0.3) is 11.4 Å². The van der Waals surface area contributed by atoms with Crippen LogP contribution in [0.2, 0.25) is 0 Å². The Kier molecular flexibility index (Phi) is 4.47. The highest BCUT2D eigenvalue weighted by Crippen LogP contribution is 2.27. The quantitative estimate of drug-likeness (QED) is 0.770. The third-order valence-electron chi connectivity index (χ3n) is 3.51. The maximum absolute atomic E-state index is 9.20.